The molecule has 0 unspecified atom stereocenters. The van der Waals surface area contributed by atoms with Crippen LogP contribution in [0, 0.1) is 5.82 Å². The second-order valence-electron chi connectivity index (χ2n) is 6.92. The number of hydrogen-bond acceptors (Lipinski definition) is 6. The first-order valence-electron chi connectivity index (χ1n) is 9.65. The van der Waals surface area contributed by atoms with Crippen LogP contribution >= 0.6 is 11.6 Å². The lowest BCUT2D eigenvalue weighted by Crippen LogP contribution is -2.33. The van der Waals surface area contributed by atoms with Crippen LogP contribution < -0.4 is 4.18 Å². The van der Waals surface area contributed by atoms with Gasteiger partial charge in [-0.3, -0.25) is 0 Å². The summed E-state index contributed by atoms with van der Waals surface area (Å²) >= 11 is 5.87. The van der Waals surface area contributed by atoms with E-state index in [1.54, 1.807) is 12.1 Å². The van der Waals surface area contributed by atoms with Gasteiger partial charge in [-0.05, 0) is 66.2 Å². The van der Waals surface area contributed by atoms with Crippen LogP contribution in [-0.4, -0.2) is 41.4 Å². The Kier molecular flexibility index (Phi) is 8.09. The van der Waals surface area contributed by atoms with E-state index in [1.807, 2.05) is 0 Å². The molecule has 0 saturated carbocycles. The number of ether oxygens (including phenoxy) is 1. The van der Waals surface area contributed by atoms with Crippen molar-refractivity contribution in [2.75, 3.05) is 20.3 Å². The SMILES string of the molecule is COCCN(Cc1cccc(OS(=O)(=O)c2ccc(F)cc2)c1)S(=O)(=O)c1ccc(Cl)cc1. The summed E-state index contributed by atoms with van der Waals surface area (Å²) in [7, 11) is -6.62. The van der Waals surface area contributed by atoms with E-state index in [9.17, 15) is 21.2 Å². The molecule has 0 aliphatic heterocycles. The zero-order valence-corrected chi connectivity index (χ0v) is 19.9. The molecule has 0 aromatic heterocycles. The van der Waals surface area contributed by atoms with Crippen LogP contribution in [0.3, 0.4) is 0 Å². The zero-order valence-electron chi connectivity index (χ0n) is 17.5. The fourth-order valence-electron chi connectivity index (χ4n) is 2.91. The summed E-state index contributed by atoms with van der Waals surface area (Å²) in [4.78, 5) is -0.143. The molecule has 3 aromatic carbocycles. The minimum Gasteiger partial charge on any atom is -0.383 e. The second-order valence-corrected chi connectivity index (χ2v) is 10.8. The number of nitrogens with zero attached hydrogens (tertiary/aromatic N) is 1. The Hall–Kier alpha value is -2.50. The van der Waals surface area contributed by atoms with Gasteiger partial charge in [0.15, 0.2) is 0 Å². The van der Waals surface area contributed by atoms with Crippen LogP contribution in [0.5, 0.6) is 5.75 Å². The summed E-state index contributed by atoms with van der Waals surface area (Å²) in [5.74, 6) is -0.582. The van der Waals surface area contributed by atoms with Crippen LogP contribution in [0.25, 0.3) is 0 Å². The highest BCUT2D eigenvalue weighted by Crippen LogP contribution is 2.24. The van der Waals surface area contributed by atoms with E-state index in [0.717, 1.165) is 24.3 Å². The molecule has 11 heteroatoms. The Labute approximate surface area is 197 Å². The van der Waals surface area contributed by atoms with E-state index < -0.39 is 26.0 Å². The predicted molar refractivity (Wildman–Crippen MR) is 122 cm³/mol. The molecule has 33 heavy (non-hydrogen) atoms. The standard InChI is InChI=1S/C22H21ClFNO6S2/c1-30-14-13-25(32(26,27)21-9-5-18(23)6-10-21)16-17-3-2-4-20(15-17)31-33(28,29)22-11-7-19(24)8-12-22/h2-12,15H,13-14,16H2,1H3. The van der Waals surface area contributed by atoms with Gasteiger partial charge >= 0.3 is 10.1 Å². The Balaban J connectivity index is 1.85. The van der Waals surface area contributed by atoms with E-state index in [2.05, 4.69) is 0 Å². The zero-order chi connectivity index (χ0) is 24.1. The van der Waals surface area contributed by atoms with Gasteiger partial charge < -0.3 is 8.92 Å². The monoisotopic (exact) mass is 513 g/mol. The summed E-state index contributed by atoms with van der Waals surface area (Å²) < 4.78 is 75.8. The number of halogens is 2. The van der Waals surface area contributed by atoms with Gasteiger partial charge in [0.25, 0.3) is 0 Å². The van der Waals surface area contributed by atoms with Crippen LogP contribution in [-0.2, 0) is 31.4 Å². The molecule has 0 aliphatic rings. The molecule has 3 rings (SSSR count). The Bertz CT molecular complexity index is 1300. The minimum absolute atomic E-state index is 0.00703. The lowest BCUT2D eigenvalue weighted by Gasteiger charge is -2.22. The summed E-state index contributed by atoms with van der Waals surface area (Å²) in [5.41, 5.74) is 0.496. The number of sulfonamides is 1. The van der Waals surface area contributed by atoms with Crippen LogP contribution in [0.1, 0.15) is 5.56 Å². The molecule has 176 valence electrons. The molecule has 0 spiro atoms. The van der Waals surface area contributed by atoms with Crippen molar-refractivity contribution < 1.29 is 30.1 Å². The molecule has 0 N–H and O–H groups in total. The maximum atomic E-state index is 13.1. The van der Waals surface area contributed by atoms with E-state index >= 15 is 0 Å². The highest BCUT2D eigenvalue weighted by atomic mass is 35.5. The molecule has 7 nitrogen and oxygen atoms in total. The lowest BCUT2D eigenvalue weighted by atomic mass is 10.2. The minimum atomic E-state index is -4.20. The van der Waals surface area contributed by atoms with Crippen molar-refractivity contribution in [3.05, 3.63) is 89.2 Å². The second kappa shape index (κ2) is 10.6. The maximum Gasteiger partial charge on any atom is 0.339 e. The van der Waals surface area contributed by atoms with Crippen molar-refractivity contribution in [1.29, 1.82) is 0 Å². The molecular weight excluding hydrogens is 493 g/mol. The number of rotatable bonds is 10. The molecular formula is C22H21ClFNO6S2. The van der Waals surface area contributed by atoms with Gasteiger partial charge in [-0.15, -0.1) is 0 Å². The Morgan fingerprint density at radius 3 is 2.18 bits per heavy atom. The first-order valence-corrected chi connectivity index (χ1v) is 12.9. The maximum absolute atomic E-state index is 13.1. The first-order chi connectivity index (χ1) is 15.6. The largest absolute Gasteiger partial charge is 0.383 e. The van der Waals surface area contributed by atoms with E-state index in [-0.39, 0.29) is 35.2 Å². The number of benzene rings is 3. The fourth-order valence-corrected chi connectivity index (χ4v) is 5.37. The normalized spacial score (nSPS) is 12.1. The van der Waals surface area contributed by atoms with Crippen LogP contribution in [0.4, 0.5) is 4.39 Å². The van der Waals surface area contributed by atoms with E-state index in [0.29, 0.717) is 10.6 Å². The average Bonchev–Trinajstić information content (AvgIpc) is 2.77. The summed E-state index contributed by atoms with van der Waals surface area (Å²) in [6.45, 7) is 0.171. The third-order valence-corrected chi connectivity index (χ3v) is 7.93. The van der Waals surface area contributed by atoms with Gasteiger partial charge in [0.2, 0.25) is 10.0 Å². The molecule has 3 aromatic rings. The smallest absolute Gasteiger partial charge is 0.339 e. The van der Waals surface area contributed by atoms with Crippen molar-refractivity contribution in [2.45, 2.75) is 16.3 Å². The molecule has 0 radical (unpaired) electrons. The summed E-state index contributed by atoms with van der Waals surface area (Å²) in [6, 6.07) is 16.1. The van der Waals surface area contributed by atoms with Crippen molar-refractivity contribution in [1.82, 2.24) is 4.31 Å². The van der Waals surface area contributed by atoms with Gasteiger partial charge in [-0.2, -0.15) is 12.7 Å². The van der Waals surface area contributed by atoms with E-state index in [1.165, 1.54) is 47.8 Å². The van der Waals surface area contributed by atoms with Crippen molar-refractivity contribution in [3.8, 4) is 5.75 Å². The number of methoxy groups -OCH3 is 1. The van der Waals surface area contributed by atoms with Gasteiger partial charge in [-0.1, -0.05) is 23.7 Å². The fraction of sp³-hybridized carbons (Fsp3) is 0.182. The van der Waals surface area contributed by atoms with Gasteiger partial charge in [0.1, 0.15) is 16.5 Å². The molecule has 0 aliphatic carbocycles. The molecule has 0 heterocycles. The summed E-state index contributed by atoms with van der Waals surface area (Å²) in [6.07, 6.45) is 0. The average molecular weight is 514 g/mol. The molecule has 0 atom stereocenters. The highest BCUT2D eigenvalue weighted by Gasteiger charge is 2.25. The highest BCUT2D eigenvalue weighted by molar-refractivity contribution is 7.89. The third-order valence-electron chi connectivity index (χ3n) is 4.56. The quantitative estimate of drug-likeness (QED) is 0.379. The predicted octanol–water partition coefficient (Wildman–Crippen LogP) is 4.08. The Morgan fingerprint density at radius 1 is 0.909 bits per heavy atom. The topological polar surface area (TPSA) is 90.0 Å². The third kappa shape index (κ3) is 6.52. The van der Waals surface area contributed by atoms with Crippen molar-refractivity contribution in [3.63, 3.8) is 0 Å². The van der Waals surface area contributed by atoms with Gasteiger partial charge in [-0.25, -0.2) is 12.8 Å². The van der Waals surface area contributed by atoms with Crippen molar-refractivity contribution in [2.24, 2.45) is 0 Å². The molecule has 0 saturated heterocycles. The number of hydrogen-bond donors (Lipinski definition) is 0. The molecule has 0 fully saturated rings. The van der Waals surface area contributed by atoms with Gasteiger partial charge in [0.05, 0.1) is 11.5 Å². The van der Waals surface area contributed by atoms with Crippen LogP contribution in [0.2, 0.25) is 5.02 Å². The molecule has 0 bridgehead atoms. The van der Waals surface area contributed by atoms with Gasteiger partial charge in [0, 0.05) is 25.2 Å². The Morgan fingerprint density at radius 2 is 1.55 bits per heavy atom. The van der Waals surface area contributed by atoms with Crippen LogP contribution in [0.15, 0.2) is 82.6 Å². The summed E-state index contributed by atoms with van der Waals surface area (Å²) in [5, 5.41) is 0.407. The van der Waals surface area contributed by atoms with Crippen molar-refractivity contribution >= 4 is 31.7 Å². The lowest BCUT2D eigenvalue weighted by molar-refractivity contribution is 0.177. The first kappa shape index (κ1) is 25.1. The molecule has 0 amide bonds. The van der Waals surface area contributed by atoms with E-state index in [4.69, 9.17) is 20.5 Å².